The van der Waals surface area contributed by atoms with Gasteiger partial charge in [-0.15, -0.1) is 0 Å². The van der Waals surface area contributed by atoms with Crippen molar-refractivity contribution in [2.45, 2.75) is 76.0 Å². The van der Waals surface area contributed by atoms with Crippen molar-refractivity contribution in [3.8, 4) is 0 Å². The van der Waals surface area contributed by atoms with E-state index in [1.807, 2.05) is 38.1 Å². The second-order valence-corrected chi connectivity index (χ2v) is 10.5. The number of benzene rings is 1. The molecule has 4 saturated heterocycles. The molecule has 0 amide bonds. The normalized spacial score (nSPS) is 43.1. The topological polar surface area (TPSA) is 77.4 Å². The molecular weight excluding hydrogens is 355 g/mol. The van der Waals surface area contributed by atoms with E-state index in [1.165, 1.54) is 0 Å². The SMILES string of the molecule is CC12CC3(C)OC(C)(CC(C)(O1)P3OCc1ccccc1CO)O2.CO. The van der Waals surface area contributed by atoms with Crippen LogP contribution < -0.4 is 0 Å². The lowest BCUT2D eigenvalue weighted by Crippen LogP contribution is -2.71. The van der Waals surface area contributed by atoms with Gasteiger partial charge in [-0.1, -0.05) is 24.3 Å². The number of aliphatic hydroxyl groups excluding tert-OH is 2. The van der Waals surface area contributed by atoms with Crippen LogP contribution in [0, 0.1) is 0 Å². The van der Waals surface area contributed by atoms with Crippen LogP contribution in [-0.4, -0.2) is 39.6 Å². The Labute approximate surface area is 156 Å². The van der Waals surface area contributed by atoms with E-state index in [0.29, 0.717) is 19.4 Å². The summed E-state index contributed by atoms with van der Waals surface area (Å²) in [5.41, 5.74) is 1.91. The van der Waals surface area contributed by atoms with Crippen molar-refractivity contribution in [1.29, 1.82) is 0 Å². The fourth-order valence-electron chi connectivity index (χ4n) is 4.82. The highest BCUT2D eigenvalue weighted by atomic mass is 31.1. The first kappa shape index (κ1) is 20.2. The fraction of sp³-hybridized carbons (Fsp3) is 0.684. The van der Waals surface area contributed by atoms with Crippen molar-refractivity contribution >= 4 is 8.15 Å². The smallest absolute Gasteiger partial charge is 0.173 e. The first-order valence-electron chi connectivity index (χ1n) is 8.86. The predicted molar refractivity (Wildman–Crippen MR) is 98.3 cm³/mol. The van der Waals surface area contributed by atoms with Gasteiger partial charge in [0.1, 0.15) is 10.7 Å². The van der Waals surface area contributed by atoms with Crippen molar-refractivity contribution in [1.82, 2.24) is 0 Å². The van der Waals surface area contributed by atoms with E-state index in [-0.39, 0.29) is 6.61 Å². The molecule has 0 aromatic heterocycles. The minimum atomic E-state index is -0.981. The molecule has 5 rings (SSSR count). The largest absolute Gasteiger partial charge is 0.400 e. The molecule has 4 aliphatic heterocycles. The lowest BCUT2D eigenvalue weighted by atomic mass is 9.98. The Kier molecular flexibility index (Phi) is 5.26. The van der Waals surface area contributed by atoms with Crippen LogP contribution in [0.4, 0.5) is 0 Å². The van der Waals surface area contributed by atoms with E-state index in [1.54, 1.807) is 0 Å². The van der Waals surface area contributed by atoms with Gasteiger partial charge in [0.2, 0.25) is 0 Å². The van der Waals surface area contributed by atoms with Crippen LogP contribution in [0.3, 0.4) is 0 Å². The number of rotatable bonds is 4. The van der Waals surface area contributed by atoms with Crippen molar-refractivity contribution in [3.05, 3.63) is 35.4 Å². The molecule has 4 bridgehead atoms. The summed E-state index contributed by atoms with van der Waals surface area (Å²) in [4.78, 5) is 0. The molecular formula is C19H29O6P. The average Bonchev–Trinajstić information content (AvgIpc) is 2.52. The predicted octanol–water partition coefficient (Wildman–Crippen LogP) is 3.44. The summed E-state index contributed by atoms with van der Waals surface area (Å²) < 4.78 is 25.1. The summed E-state index contributed by atoms with van der Waals surface area (Å²) in [6.45, 7) is 8.71. The number of hydrogen-bond acceptors (Lipinski definition) is 6. The Morgan fingerprint density at radius 1 is 0.923 bits per heavy atom. The second kappa shape index (κ2) is 6.78. The highest BCUT2D eigenvalue weighted by molar-refractivity contribution is 7.55. The zero-order chi connectivity index (χ0) is 19.2. The molecule has 4 fully saturated rings. The number of hydrogen-bond donors (Lipinski definition) is 2. The lowest BCUT2D eigenvalue weighted by Gasteiger charge is -2.68. The first-order chi connectivity index (χ1) is 12.2. The van der Waals surface area contributed by atoms with Crippen LogP contribution in [-0.2, 0) is 31.9 Å². The van der Waals surface area contributed by atoms with Crippen LogP contribution in [0.25, 0.3) is 0 Å². The Hall–Kier alpha value is -0.590. The van der Waals surface area contributed by atoms with Gasteiger partial charge in [-0.25, -0.2) is 0 Å². The van der Waals surface area contributed by atoms with Crippen molar-refractivity contribution in [3.63, 3.8) is 0 Å². The molecule has 26 heavy (non-hydrogen) atoms. The standard InChI is InChI=1S/C18H25O5P.CH4O/c1-15-11-17(3)23-16(2,21-15)12-18(4,22-15)24(17)20-10-14-8-6-5-7-13(14)9-19;1-2/h5-8,19H,9-12H2,1-4H3;2H,1H3. The second-order valence-electron chi connectivity index (χ2n) is 7.77. The minimum absolute atomic E-state index is 0.0168. The van der Waals surface area contributed by atoms with E-state index in [9.17, 15) is 5.11 Å². The fourth-order valence-corrected chi connectivity index (χ4v) is 8.05. The maximum absolute atomic E-state index is 9.51. The molecule has 2 N–H and O–H groups in total. The third-order valence-electron chi connectivity index (χ3n) is 5.10. The number of aliphatic hydroxyl groups is 2. The molecule has 146 valence electrons. The molecule has 1 aromatic rings. The molecule has 1 aromatic carbocycles. The maximum atomic E-state index is 9.51. The van der Waals surface area contributed by atoms with E-state index in [4.69, 9.17) is 23.8 Å². The van der Waals surface area contributed by atoms with Gasteiger partial charge in [0.05, 0.1) is 21.4 Å². The summed E-state index contributed by atoms with van der Waals surface area (Å²) in [6, 6.07) is 7.82. The van der Waals surface area contributed by atoms with Crippen LogP contribution in [0.2, 0.25) is 0 Å². The molecule has 0 saturated carbocycles. The molecule has 4 aliphatic rings. The highest BCUT2D eigenvalue weighted by Crippen LogP contribution is 2.76. The number of ether oxygens (including phenoxy) is 3. The molecule has 7 heteroatoms. The quantitative estimate of drug-likeness (QED) is 0.775. The van der Waals surface area contributed by atoms with E-state index >= 15 is 0 Å². The molecule has 0 radical (unpaired) electrons. The average molecular weight is 384 g/mol. The van der Waals surface area contributed by atoms with Gasteiger partial charge in [-0.2, -0.15) is 0 Å². The summed E-state index contributed by atoms with van der Waals surface area (Å²) in [6.07, 6.45) is 1.33. The van der Waals surface area contributed by atoms with Crippen LogP contribution in [0.5, 0.6) is 0 Å². The molecule has 0 aliphatic carbocycles. The summed E-state index contributed by atoms with van der Waals surface area (Å²) in [5, 5.41) is 15.7. The van der Waals surface area contributed by atoms with Gasteiger partial charge in [0, 0.05) is 20.0 Å². The zero-order valence-electron chi connectivity index (χ0n) is 16.1. The zero-order valence-corrected chi connectivity index (χ0v) is 17.0. The lowest BCUT2D eigenvalue weighted by molar-refractivity contribution is -0.470. The summed E-state index contributed by atoms with van der Waals surface area (Å²) >= 11 is 0. The van der Waals surface area contributed by atoms with Gasteiger partial charge in [0.15, 0.2) is 11.6 Å². The maximum Gasteiger partial charge on any atom is 0.173 e. The van der Waals surface area contributed by atoms with Crippen LogP contribution >= 0.6 is 8.15 Å². The summed E-state index contributed by atoms with van der Waals surface area (Å²) in [5.74, 6) is -1.22. The van der Waals surface area contributed by atoms with Crippen LogP contribution in [0.1, 0.15) is 51.7 Å². The Morgan fingerprint density at radius 2 is 1.42 bits per heavy atom. The third-order valence-corrected chi connectivity index (χ3v) is 7.70. The Bertz CT molecular complexity index is 621. The van der Waals surface area contributed by atoms with Gasteiger partial charge >= 0.3 is 0 Å². The Balaban J connectivity index is 0.000000948. The first-order valence-corrected chi connectivity index (χ1v) is 10.1. The minimum Gasteiger partial charge on any atom is -0.400 e. The van der Waals surface area contributed by atoms with Crippen molar-refractivity contribution in [2.24, 2.45) is 0 Å². The summed E-state index contributed by atoms with van der Waals surface area (Å²) in [7, 11) is 0.0192. The monoisotopic (exact) mass is 384 g/mol. The van der Waals surface area contributed by atoms with Gasteiger partial charge in [-0.3, -0.25) is 0 Å². The third kappa shape index (κ3) is 3.33. The van der Waals surface area contributed by atoms with Crippen LogP contribution in [0.15, 0.2) is 24.3 Å². The van der Waals surface area contributed by atoms with E-state index in [2.05, 4.69) is 13.8 Å². The molecule has 4 unspecified atom stereocenters. The highest BCUT2D eigenvalue weighted by Gasteiger charge is 2.72. The Morgan fingerprint density at radius 3 is 1.92 bits per heavy atom. The van der Waals surface area contributed by atoms with Crippen molar-refractivity contribution < 1.29 is 28.9 Å². The molecule has 6 nitrogen and oxygen atoms in total. The van der Waals surface area contributed by atoms with E-state index in [0.717, 1.165) is 18.2 Å². The van der Waals surface area contributed by atoms with Crippen molar-refractivity contribution in [2.75, 3.05) is 7.11 Å². The van der Waals surface area contributed by atoms with Gasteiger partial charge < -0.3 is 28.9 Å². The van der Waals surface area contributed by atoms with Gasteiger partial charge in [0.25, 0.3) is 0 Å². The van der Waals surface area contributed by atoms with Gasteiger partial charge in [-0.05, 0) is 38.8 Å². The van der Waals surface area contributed by atoms with E-state index < -0.39 is 30.4 Å². The molecule has 0 spiro atoms. The molecule has 4 heterocycles. The molecule has 4 atom stereocenters.